The average molecular weight is 178 g/mol. The Hall–Kier alpha value is -1.43. The van der Waals surface area contributed by atoms with Gasteiger partial charge < -0.3 is 11.1 Å². The van der Waals surface area contributed by atoms with Crippen molar-refractivity contribution in [2.24, 2.45) is 5.73 Å². The fourth-order valence-electron chi connectivity index (χ4n) is 0.329. The van der Waals surface area contributed by atoms with Crippen LogP contribution in [0, 0.1) is 15.5 Å². The number of allylic oxidation sites excluding steroid dienone is 2. The molecule has 0 atom stereocenters. The Bertz CT molecular complexity index is 247. The van der Waals surface area contributed by atoms with E-state index >= 15 is 0 Å². The molecule has 0 amide bonds. The van der Waals surface area contributed by atoms with Gasteiger partial charge in [0.1, 0.15) is 0 Å². The highest BCUT2D eigenvalue weighted by Gasteiger charge is 2.17. The summed E-state index contributed by atoms with van der Waals surface area (Å²) in [5.41, 5.74) is 3.35. The molecule has 0 rings (SSSR count). The van der Waals surface area contributed by atoms with Crippen LogP contribution in [0.3, 0.4) is 0 Å². The summed E-state index contributed by atoms with van der Waals surface area (Å²) in [5, 5.41) is 15.3. The van der Waals surface area contributed by atoms with Gasteiger partial charge in [0.15, 0.2) is 5.70 Å². The SMILES string of the molecule is N=CC(=C(N)C(=O)Cl)[N+](=O)[O-]. The van der Waals surface area contributed by atoms with Crippen molar-refractivity contribution in [1.29, 1.82) is 5.41 Å². The highest BCUT2D eigenvalue weighted by molar-refractivity contribution is 6.67. The van der Waals surface area contributed by atoms with Crippen LogP contribution in [-0.2, 0) is 4.79 Å². The molecule has 0 spiro atoms. The van der Waals surface area contributed by atoms with E-state index in [0.29, 0.717) is 6.21 Å². The van der Waals surface area contributed by atoms with Crippen molar-refractivity contribution in [3.05, 3.63) is 21.5 Å². The molecule has 0 aliphatic carbocycles. The van der Waals surface area contributed by atoms with Gasteiger partial charge >= 0.3 is 5.70 Å². The topological polar surface area (TPSA) is 110 Å². The lowest BCUT2D eigenvalue weighted by Crippen LogP contribution is -2.15. The van der Waals surface area contributed by atoms with Gasteiger partial charge in [0.25, 0.3) is 5.24 Å². The third kappa shape index (κ3) is 2.34. The molecule has 60 valence electrons. The first-order chi connectivity index (χ1) is 5.00. The van der Waals surface area contributed by atoms with Crippen molar-refractivity contribution in [2.75, 3.05) is 0 Å². The van der Waals surface area contributed by atoms with E-state index in [0.717, 1.165) is 0 Å². The van der Waals surface area contributed by atoms with Crippen LogP contribution >= 0.6 is 11.6 Å². The molecular formula is C4H4ClN3O3. The third-order valence-electron chi connectivity index (χ3n) is 0.821. The monoisotopic (exact) mass is 177 g/mol. The Labute approximate surface area is 66.3 Å². The molecule has 0 fully saturated rings. The fourth-order valence-corrected chi connectivity index (χ4v) is 0.426. The molecule has 0 radical (unpaired) electrons. The lowest BCUT2D eigenvalue weighted by molar-refractivity contribution is -0.415. The smallest absolute Gasteiger partial charge is 0.314 e. The molecule has 0 unspecified atom stereocenters. The second kappa shape index (κ2) is 3.67. The number of nitrogens with zero attached hydrogens (tertiary/aromatic N) is 1. The maximum Gasteiger partial charge on any atom is 0.314 e. The van der Waals surface area contributed by atoms with Gasteiger partial charge in [-0.05, 0) is 11.6 Å². The van der Waals surface area contributed by atoms with Crippen LogP contribution in [-0.4, -0.2) is 16.4 Å². The van der Waals surface area contributed by atoms with Crippen molar-refractivity contribution in [2.45, 2.75) is 0 Å². The summed E-state index contributed by atoms with van der Waals surface area (Å²) in [4.78, 5) is 19.2. The molecule has 6 nitrogen and oxygen atoms in total. The number of hydrogen-bond acceptors (Lipinski definition) is 5. The largest absolute Gasteiger partial charge is 0.389 e. The Balaban J connectivity index is 4.99. The molecule has 0 aromatic heterocycles. The minimum absolute atomic E-state index is 0.357. The molecule has 0 aromatic rings. The first kappa shape index (κ1) is 9.57. The van der Waals surface area contributed by atoms with Crippen LogP contribution in [0.5, 0.6) is 0 Å². The zero-order valence-electron chi connectivity index (χ0n) is 5.20. The summed E-state index contributed by atoms with van der Waals surface area (Å²) >= 11 is 4.82. The van der Waals surface area contributed by atoms with Crippen LogP contribution < -0.4 is 5.73 Å². The minimum Gasteiger partial charge on any atom is -0.389 e. The number of carbonyl (C=O) groups is 1. The van der Waals surface area contributed by atoms with Gasteiger partial charge in [-0.3, -0.25) is 14.9 Å². The highest BCUT2D eigenvalue weighted by Crippen LogP contribution is 2.00. The van der Waals surface area contributed by atoms with Crippen molar-refractivity contribution < 1.29 is 9.72 Å². The number of hydrogen-bond donors (Lipinski definition) is 2. The molecule has 0 aliphatic rings. The number of nitro groups is 1. The van der Waals surface area contributed by atoms with Gasteiger partial charge in [-0.15, -0.1) is 0 Å². The summed E-state index contributed by atoms with van der Waals surface area (Å²) in [6, 6.07) is 0. The Morgan fingerprint density at radius 1 is 1.73 bits per heavy atom. The maximum absolute atomic E-state index is 10.2. The second-order valence-corrected chi connectivity index (χ2v) is 1.82. The summed E-state index contributed by atoms with van der Waals surface area (Å²) in [6.07, 6.45) is 0.357. The number of nitrogens with one attached hydrogen (secondary N) is 1. The Morgan fingerprint density at radius 2 is 2.18 bits per heavy atom. The molecule has 0 saturated heterocycles. The van der Waals surface area contributed by atoms with E-state index in [-0.39, 0.29) is 0 Å². The van der Waals surface area contributed by atoms with Crippen molar-refractivity contribution in [3.8, 4) is 0 Å². The van der Waals surface area contributed by atoms with E-state index in [1.54, 1.807) is 0 Å². The van der Waals surface area contributed by atoms with Gasteiger partial charge in [-0.2, -0.15) is 0 Å². The van der Waals surface area contributed by atoms with Crippen molar-refractivity contribution in [1.82, 2.24) is 0 Å². The summed E-state index contributed by atoms with van der Waals surface area (Å²) < 4.78 is 0. The summed E-state index contributed by atoms with van der Waals surface area (Å²) in [6.45, 7) is 0. The zero-order valence-corrected chi connectivity index (χ0v) is 5.96. The van der Waals surface area contributed by atoms with Crippen LogP contribution in [0.15, 0.2) is 11.4 Å². The van der Waals surface area contributed by atoms with E-state index in [4.69, 9.17) is 22.7 Å². The Kier molecular flexibility index (Phi) is 3.19. The van der Waals surface area contributed by atoms with Crippen LogP contribution in [0.25, 0.3) is 0 Å². The van der Waals surface area contributed by atoms with E-state index < -0.39 is 21.6 Å². The van der Waals surface area contributed by atoms with E-state index in [1.807, 2.05) is 0 Å². The number of nitrogens with two attached hydrogens (primary N) is 1. The normalized spacial score (nSPS) is 11.7. The van der Waals surface area contributed by atoms with Gasteiger partial charge in [0.05, 0.1) is 11.1 Å². The van der Waals surface area contributed by atoms with Crippen LogP contribution in [0.1, 0.15) is 0 Å². The molecule has 0 bridgehead atoms. The number of carbonyl (C=O) groups excluding carboxylic acids is 1. The van der Waals surface area contributed by atoms with Crippen LogP contribution in [0.2, 0.25) is 0 Å². The molecule has 0 aliphatic heterocycles. The molecule has 3 N–H and O–H groups in total. The summed E-state index contributed by atoms with van der Waals surface area (Å²) in [5.74, 6) is 0. The maximum atomic E-state index is 10.2. The molecular weight excluding hydrogens is 174 g/mol. The van der Waals surface area contributed by atoms with E-state index in [9.17, 15) is 14.9 Å². The second-order valence-electron chi connectivity index (χ2n) is 1.47. The third-order valence-corrected chi connectivity index (χ3v) is 1.02. The lowest BCUT2D eigenvalue weighted by atomic mass is 10.4. The molecule has 0 heterocycles. The van der Waals surface area contributed by atoms with Gasteiger partial charge in [0.2, 0.25) is 0 Å². The standard InChI is InChI=1S/C4H4ClN3O3/c5-4(9)3(7)2(1-6)8(10)11/h1,6H,7H2. The van der Waals surface area contributed by atoms with Crippen molar-refractivity contribution in [3.63, 3.8) is 0 Å². The van der Waals surface area contributed by atoms with E-state index in [2.05, 4.69) is 0 Å². The quantitative estimate of drug-likeness (QED) is 0.205. The zero-order chi connectivity index (χ0) is 9.02. The van der Waals surface area contributed by atoms with Gasteiger partial charge in [-0.1, -0.05) is 0 Å². The van der Waals surface area contributed by atoms with Gasteiger partial charge in [0, 0.05) is 0 Å². The molecule has 7 heteroatoms. The summed E-state index contributed by atoms with van der Waals surface area (Å²) in [7, 11) is 0. The average Bonchev–Trinajstić information content (AvgIpc) is 1.88. The van der Waals surface area contributed by atoms with Crippen LogP contribution in [0.4, 0.5) is 0 Å². The predicted octanol–water partition coefficient (Wildman–Crippen LogP) is -0.152. The highest BCUT2D eigenvalue weighted by atomic mass is 35.5. The minimum atomic E-state index is -1.14. The lowest BCUT2D eigenvalue weighted by Gasteiger charge is -1.92. The molecule has 11 heavy (non-hydrogen) atoms. The molecule has 0 saturated carbocycles. The first-order valence-electron chi connectivity index (χ1n) is 2.35. The first-order valence-corrected chi connectivity index (χ1v) is 2.73. The predicted molar refractivity (Wildman–Crippen MR) is 37.9 cm³/mol. The van der Waals surface area contributed by atoms with Crippen molar-refractivity contribution >= 4 is 23.1 Å². The number of halogens is 1. The Morgan fingerprint density at radius 3 is 2.27 bits per heavy atom. The van der Waals surface area contributed by atoms with E-state index in [1.165, 1.54) is 0 Å². The molecule has 0 aromatic carbocycles. The van der Waals surface area contributed by atoms with Gasteiger partial charge in [-0.25, -0.2) is 0 Å². The number of rotatable bonds is 3. The fraction of sp³-hybridized carbons (Fsp3) is 0.